The summed E-state index contributed by atoms with van der Waals surface area (Å²) in [6, 6.07) is 23.4. The summed E-state index contributed by atoms with van der Waals surface area (Å²) in [5.74, 6) is 1.10. The zero-order chi connectivity index (χ0) is 43.8. The van der Waals surface area contributed by atoms with Crippen molar-refractivity contribution < 1.29 is 44.0 Å². The minimum atomic E-state index is -1.03. The van der Waals surface area contributed by atoms with Gasteiger partial charge in [-0.1, -0.05) is 24.3 Å². The third-order valence-electron chi connectivity index (χ3n) is 11.2. The maximum atomic E-state index is 13.2. The Bertz CT molecular complexity index is 2220. The molecule has 8 rings (SSSR count). The van der Waals surface area contributed by atoms with Gasteiger partial charge in [-0.3, -0.25) is 14.4 Å². The van der Waals surface area contributed by atoms with Crippen molar-refractivity contribution >= 4 is 55.6 Å². The number of ether oxygens (including phenoxy) is 2. The molecule has 0 radical (unpaired) electrons. The fraction of sp³-hybridized carbons (Fsp3) is 0.391. The Balaban J connectivity index is 0.000000184. The second kappa shape index (κ2) is 20.8. The Hall–Kier alpha value is -4.80. The Morgan fingerprint density at radius 3 is 1.54 bits per heavy atom. The number of β-amino-alcohol motifs (C(OH)–C–C–N with tert-alkyl or cyclic N) is 2. The summed E-state index contributed by atoms with van der Waals surface area (Å²) >= 11 is 6.76. The first-order valence-electron chi connectivity index (χ1n) is 20.4. The topological polar surface area (TPSA) is 192 Å². The van der Waals surface area contributed by atoms with E-state index in [9.17, 15) is 34.5 Å². The normalized spacial score (nSPS) is 20.4. The summed E-state index contributed by atoms with van der Waals surface area (Å²) in [6.07, 6.45) is 4.66. The maximum Gasteiger partial charge on any atom is 0.335 e. The zero-order valence-electron chi connectivity index (χ0n) is 34.1. The molecule has 4 aliphatic rings. The van der Waals surface area contributed by atoms with Gasteiger partial charge in [0.05, 0.1) is 53.0 Å². The van der Waals surface area contributed by atoms with Gasteiger partial charge in [0.25, 0.3) is 17.7 Å². The smallest absolute Gasteiger partial charge is 0.335 e. The van der Waals surface area contributed by atoms with E-state index in [0.717, 1.165) is 27.0 Å². The number of carbonyl (C=O) groups is 4. The summed E-state index contributed by atoms with van der Waals surface area (Å²) in [7, 11) is 3.07. The van der Waals surface area contributed by atoms with Gasteiger partial charge in [0.2, 0.25) is 0 Å². The molecular formula is C46H52Br2N4O9. The molecule has 6 N–H and O–H groups in total. The first kappa shape index (κ1) is 45.7. The molecule has 2 aliphatic carbocycles. The molecule has 4 aromatic rings. The van der Waals surface area contributed by atoms with Crippen LogP contribution >= 0.6 is 31.9 Å². The van der Waals surface area contributed by atoms with Crippen molar-refractivity contribution in [1.29, 1.82) is 0 Å². The Morgan fingerprint density at radius 1 is 0.672 bits per heavy atom. The van der Waals surface area contributed by atoms with Gasteiger partial charge in [-0.2, -0.15) is 0 Å². The van der Waals surface area contributed by atoms with E-state index in [0.29, 0.717) is 59.1 Å². The Labute approximate surface area is 372 Å². The zero-order valence-corrected chi connectivity index (χ0v) is 37.3. The largest absolute Gasteiger partial charge is 0.496 e. The van der Waals surface area contributed by atoms with Gasteiger partial charge in [0.15, 0.2) is 0 Å². The average molecular weight is 965 g/mol. The van der Waals surface area contributed by atoms with E-state index < -0.39 is 18.2 Å². The van der Waals surface area contributed by atoms with E-state index in [1.807, 2.05) is 18.2 Å². The van der Waals surface area contributed by atoms with Gasteiger partial charge >= 0.3 is 5.97 Å². The fourth-order valence-electron chi connectivity index (χ4n) is 7.41. The highest BCUT2D eigenvalue weighted by Gasteiger charge is 2.37. The number of rotatable bonds is 11. The Kier molecular flexibility index (Phi) is 15.6. The summed E-state index contributed by atoms with van der Waals surface area (Å²) in [4.78, 5) is 53.2. The van der Waals surface area contributed by atoms with E-state index in [-0.39, 0.29) is 48.5 Å². The van der Waals surface area contributed by atoms with Gasteiger partial charge in [-0.15, -0.1) is 0 Å². The second-order valence-electron chi connectivity index (χ2n) is 15.8. The number of amides is 3. The standard InChI is InChI=1S/C23H25BrN2O4.C19H18BrNO5.C4H9N/c1-30-21-10-17(7-8-19(21)24)23(29)26-13-18(27)11-20(26)15-3-2-4-16(9-15)22(28)25-12-14-5-6-14;1-26-17-8-12(5-6-15(17)20)18(23)21-10-14(22)9-16(21)11-3-2-4-13(7-11)19(24)25;5-3-4-1-2-4/h2-4,7-10,14,18,20,27H,5-6,11-13H2,1H3,(H,25,28);2-8,14,16,22H,9-10H2,1H3,(H,24,25);4H,1-3,5H2/t18?,20-;14?,16-;/m11./s1. The first-order chi connectivity index (χ1) is 29.3. The van der Waals surface area contributed by atoms with Crippen molar-refractivity contribution in [3.63, 3.8) is 0 Å². The number of hydrogen-bond donors (Lipinski definition) is 5. The lowest BCUT2D eigenvalue weighted by atomic mass is 10.0. The fourth-order valence-corrected chi connectivity index (χ4v) is 8.22. The molecule has 2 saturated heterocycles. The van der Waals surface area contributed by atoms with Crippen LogP contribution in [0, 0.1) is 11.8 Å². The molecule has 2 heterocycles. The average Bonchev–Trinajstić information content (AvgIpc) is 4.21. The molecule has 4 aromatic carbocycles. The van der Waals surface area contributed by atoms with Crippen LogP contribution in [0.5, 0.6) is 11.5 Å². The van der Waals surface area contributed by atoms with Gasteiger partial charge in [0, 0.05) is 36.3 Å². The minimum absolute atomic E-state index is 0.0992. The van der Waals surface area contributed by atoms with Crippen molar-refractivity contribution in [2.24, 2.45) is 17.6 Å². The molecule has 0 spiro atoms. The monoisotopic (exact) mass is 962 g/mol. The lowest BCUT2D eigenvalue weighted by molar-refractivity contribution is 0.0693. The quantitative estimate of drug-likeness (QED) is 0.105. The molecule has 61 heavy (non-hydrogen) atoms. The number of aliphatic hydroxyl groups excluding tert-OH is 2. The van der Waals surface area contributed by atoms with Crippen molar-refractivity contribution in [3.8, 4) is 11.5 Å². The van der Waals surface area contributed by atoms with Crippen LogP contribution in [0.15, 0.2) is 93.9 Å². The predicted molar refractivity (Wildman–Crippen MR) is 237 cm³/mol. The SMILES string of the molecule is COc1cc(C(=O)N2CC(O)C[C@@H]2c2cccc(C(=O)NCC3CC3)c2)ccc1Br.COc1cc(C(=O)N2CC(O)C[C@@H]2c2cccc(C(=O)O)c2)ccc1Br.NCC1CC1. The first-order valence-corrected chi connectivity index (χ1v) is 21.9. The molecular weight excluding hydrogens is 912 g/mol. The molecule has 2 unspecified atom stereocenters. The molecule has 4 fully saturated rings. The van der Waals surface area contributed by atoms with Crippen LogP contribution in [0.1, 0.15) is 103 Å². The number of carboxylic acid groups (broad SMARTS) is 1. The van der Waals surface area contributed by atoms with E-state index >= 15 is 0 Å². The summed E-state index contributed by atoms with van der Waals surface area (Å²) < 4.78 is 12.1. The number of nitrogens with zero attached hydrogens (tertiary/aromatic N) is 2. The van der Waals surface area contributed by atoms with Crippen molar-refractivity contribution in [2.45, 2.75) is 62.8 Å². The van der Waals surface area contributed by atoms with Crippen molar-refractivity contribution in [1.82, 2.24) is 15.1 Å². The number of aliphatic hydroxyl groups is 2. The molecule has 2 saturated carbocycles. The van der Waals surface area contributed by atoms with Gasteiger partial charge < -0.3 is 45.6 Å². The van der Waals surface area contributed by atoms with Crippen LogP contribution in [0.25, 0.3) is 0 Å². The number of nitrogens with two attached hydrogens (primary N) is 1. The number of halogens is 2. The van der Waals surface area contributed by atoms with Gasteiger partial charge in [-0.05, 0) is 161 Å². The molecule has 2 aliphatic heterocycles. The molecule has 0 bridgehead atoms. The van der Waals surface area contributed by atoms with Crippen molar-refractivity contribution in [3.05, 3.63) is 127 Å². The second-order valence-corrected chi connectivity index (χ2v) is 17.5. The van der Waals surface area contributed by atoms with Crippen LogP contribution in [-0.4, -0.2) is 101 Å². The summed E-state index contributed by atoms with van der Waals surface area (Å²) in [6.45, 7) is 2.07. The van der Waals surface area contributed by atoms with E-state index in [1.54, 1.807) is 77.6 Å². The number of hydrogen-bond acceptors (Lipinski definition) is 9. The van der Waals surface area contributed by atoms with Crippen LogP contribution in [0.3, 0.4) is 0 Å². The van der Waals surface area contributed by atoms with Crippen LogP contribution in [0.4, 0.5) is 0 Å². The van der Waals surface area contributed by atoms with Gasteiger partial charge in [-0.25, -0.2) is 4.79 Å². The lowest BCUT2D eigenvalue weighted by Crippen LogP contribution is -2.32. The maximum absolute atomic E-state index is 13.2. The summed E-state index contributed by atoms with van der Waals surface area (Å²) in [5, 5.41) is 32.6. The predicted octanol–water partition coefficient (Wildman–Crippen LogP) is 7.00. The third kappa shape index (κ3) is 12.0. The molecule has 324 valence electrons. The third-order valence-corrected chi connectivity index (χ3v) is 12.5. The van der Waals surface area contributed by atoms with E-state index in [1.165, 1.54) is 38.9 Å². The Morgan fingerprint density at radius 2 is 1.13 bits per heavy atom. The number of methoxy groups -OCH3 is 2. The number of nitrogens with one attached hydrogen (secondary N) is 1. The van der Waals surface area contributed by atoms with Gasteiger partial charge in [0.1, 0.15) is 11.5 Å². The molecule has 0 aromatic heterocycles. The number of carbonyl (C=O) groups excluding carboxylic acids is 3. The molecule has 13 nitrogen and oxygen atoms in total. The highest BCUT2D eigenvalue weighted by Crippen LogP contribution is 2.37. The highest BCUT2D eigenvalue weighted by atomic mass is 79.9. The van der Waals surface area contributed by atoms with E-state index in [4.69, 9.17) is 15.2 Å². The van der Waals surface area contributed by atoms with Crippen LogP contribution in [0.2, 0.25) is 0 Å². The molecule has 15 heteroatoms. The van der Waals surface area contributed by atoms with Crippen molar-refractivity contribution in [2.75, 3.05) is 40.4 Å². The van der Waals surface area contributed by atoms with Crippen LogP contribution < -0.4 is 20.5 Å². The summed E-state index contributed by atoms with van der Waals surface area (Å²) in [5.41, 5.74) is 8.44. The highest BCUT2D eigenvalue weighted by molar-refractivity contribution is 9.10. The van der Waals surface area contributed by atoms with E-state index in [2.05, 4.69) is 37.2 Å². The number of carboxylic acids is 1. The lowest BCUT2D eigenvalue weighted by Gasteiger charge is -2.25. The number of benzene rings is 4. The van der Waals surface area contributed by atoms with Crippen LogP contribution in [-0.2, 0) is 0 Å². The number of aromatic carboxylic acids is 1. The molecule has 3 amide bonds. The molecule has 4 atom stereocenters. The number of likely N-dealkylation sites (tertiary alicyclic amines) is 2. The minimum Gasteiger partial charge on any atom is -0.496 e.